The number of rotatable bonds is 4. The van der Waals surface area contributed by atoms with Gasteiger partial charge in [-0.05, 0) is 18.2 Å². The molecule has 0 spiro atoms. The topological polar surface area (TPSA) is 64.4 Å². The summed E-state index contributed by atoms with van der Waals surface area (Å²) in [5.74, 6) is 0. The van der Waals surface area contributed by atoms with Crippen molar-refractivity contribution >= 4 is 43.0 Å². The van der Waals surface area contributed by atoms with E-state index in [0.717, 1.165) is 20.0 Å². The Kier molecular flexibility index (Phi) is 5.41. The summed E-state index contributed by atoms with van der Waals surface area (Å²) in [6, 6.07) is 16.4. The fourth-order valence-corrected chi connectivity index (χ4v) is 6.52. The van der Waals surface area contributed by atoms with E-state index < -0.39 is 10.0 Å². The summed E-state index contributed by atoms with van der Waals surface area (Å²) in [6.45, 7) is 2.74. The molecular weight excluding hydrogens is 414 g/mol. The number of hydrogen-bond acceptors (Lipinski definition) is 5. The van der Waals surface area contributed by atoms with E-state index in [9.17, 15) is 13.7 Å². The first kappa shape index (κ1) is 19.4. The van der Waals surface area contributed by atoms with Crippen LogP contribution in [-0.2, 0) is 16.6 Å². The number of halogens is 1. The number of benzene rings is 2. The lowest BCUT2D eigenvalue weighted by atomic mass is 10.2. The summed E-state index contributed by atoms with van der Waals surface area (Å²) < 4.78 is 28.5. The molecule has 0 radical (unpaired) electrons. The first-order valence-corrected chi connectivity index (χ1v) is 11.5. The second-order valence-electron chi connectivity index (χ2n) is 6.62. The molecule has 0 unspecified atom stereocenters. The van der Waals surface area contributed by atoms with Gasteiger partial charge < -0.3 is 0 Å². The standard InChI is InChI=1S/C20H18ClN3O2S2/c21-20-16-6-2-3-7-17(16)27-18(20)14-23-9-11-24(12-10-23)28(25,26)19-8-4-1-5-15(19)13-22/h1-8H,9-12,14H2. The third-order valence-corrected chi connectivity index (χ3v) is 8.58. The zero-order valence-electron chi connectivity index (χ0n) is 15.0. The molecule has 2 aromatic carbocycles. The van der Waals surface area contributed by atoms with Crippen molar-refractivity contribution in [2.24, 2.45) is 0 Å². The van der Waals surface area contributed by atoms with Crippen LogP contribution in [-0.4, -0.2) is 43.8 Å². The third kappa shape index (κ3) is 3.54. The molecule has 1 aliphatic rings. The van der Waals surface area contributed by atoms with Crippen LogP contribution in [0.4, 0.5) is 0 Å². The zero-order valence-corrected chi connectivity index (χ0v) is 17.4. The normalized spacial score (nSPS) is 16.3. The molecule has 1 fully saturated rings. The number of nitrogens with zero attached hydrogens (tertiary/aromatic N) is 3. The molecule has 5 nitrogen and oxygen atoms in total. The van der Waals surface area contributed by atoms with Crippen molar-refractivity contribution in [3.8, 4) is 6.07 Å². The van der Waals surface area contributed by atoms with Crippen LogP contribution in [0.2, 0.25) is 5.02 Å². The Hall–Kier alpha value is -1.95. The van der Waals surface area contributed by atoms with Crippen molar-refractivity contribution in [3.63, 3.8) is 0 Å². The maximum Gasteiger partial charge on any atom is 0.244 e. The number of piperazine rings is 1. The molecule has 0 saturated carbocycles. The van der Waals surface area contributed by atoms with Crippen molar-refractivity contribution in [1.29, 1.82) is 5.26 Å². The molecule has 3 aromatic rings. The SMILES string of the molecule is N#Cc1ccccc1S(=O)(=O)N1CCN(Cc2sc3ccccc3c2Cl)CC1. The van der Waals surface area contributed by atoms with E-state index in [1.54, 1.807) is 23.5 Å². The summed E-state index contributed by atoms with van der Waals surface area (Å²) in [5, 5.41) is 11.1. The number of thiophene rings is 1. The van der Waals surface area contributed by atoms with Gasteiger partial charge in [0.05, 0.1) is 15.5 Å². The number of sulfonamides is 1. The molecule has 8 heteroatoms. The Labute approximate surface area is 173 Å². The lowest BCUT2D eigenvalue weighted by molar-refractivity contribution is 0.183. The van der Waals surface area contributed by atoms with Crippen molar-refractivity contribution in [1.82, 2.24) is 9.21 Å². The molecule has 1 saturated heterocycles. The maximum atomic E-state index is 12.9. The van der Waals surface area contributed by atoms with Gasteiger partial charge in [0.2, 0.25) is 10.0 Å². The maximum absolute atomic E-state index is 12.9. The fourth-order valence-electron chi connectivity index (χ4n) is 3.42. The Balaban J connectivity index is 1.47. The molecule has 0 atom stereocenters. The van der Waals surface area contributed by atoms with Gasteiger partial charge in [0.15, 0.2) is 0 Å². The quantitative estimate of drug-likeness (QED) is 0.627. The molecular formula is C20H18ClN3O2S2. The van der Waals surface area contributed by atoms with E-state index in [4.69, 9.17) is 11.6 Å². The van der Waals surface area contributed by atoms with Gasteiger partial charge in [0.25, 0.3) is 0 Å². The van der Waals surface area contributed by atoms with Crippen LogP contribution < -0.4 is 0 Å². The first-order valence-electron chi connectivity index (χ1n) is 8.88. The molecule has 2 heterocycles. The summed E-state index contributed by atoms with van der Waals surface area (Å²) in [5.41, 5.74) is 0.182. The van der Waals surface area contributed by atoms with Gasteiger partial charge in [-0.1, -0.05) is 41.9 Å². The molecule has 144 valence electrons. The number of hydrogen-bond donors (Lipinski definition) is 0. The van der Waals surface area contributed by atoms with Crippen molar-refractivity contribution in [2.75, 3.05) is 26.2 Å². The average Bonchev–Trinajstić information content (AvgIpc) is 3.04. The van der Waals surface area contributed by atoms with Crippen LogP contribution in [0.5, 0.6) is 0 Å². The molecule has 28 heavy (non-hydrogen) atoms. The highest BCUT2D eigenvalue weighted by molar-refractivity contribution is 7.89. The predicted octanol–water partition coefficient (Wildman–Crippen LogP) is 3.93. The minimum atomic E-state index is -3.67. The highest BCUT2D eigenvalue weighted by Crippen LogP contribution is 2.36. The van der Waals surface area contributed by atoms with Crippen LogP contribution >= 0.6 is 22.9 Å². The third-order valence-electron chi connectivity index (χ3n) is 4.93. The van der Waals surface area contributed by atoms with E-state index >= 15 is 0 Å². The van der Waals surface area contributed by atoms with Gasteiger partial charge in [-0.3, -0.25) is 4.90 Å². The van der Waals surface area contributed by atoms with Crippen LogP contribution in [0, 0.1) is 11.3 Å². The van der Waals surface area contributed by atoms with E-state index in [-0.39, 0.29) is 10.5 Å². The van der Waals surface area contributed by atoms with Crippen molar-refractivity contribution in [3.05, 3.63) is 64.0 Å². The Morgan fingerprint density at radius 3 is 2.43 bits per heavy atom. The molecule has 0 bridgehead atoms. The van der Waals surface area contributed by atoms with Crippen molar-refractivity contribution < 1.29 is 8.42 Å². The summed E-state index contributed by atoms with van der Waals surface area (Å²) in [7, 11) is -3.67. The van der Waals surface area contributed by atoms with Crippen LogP contribution in [0.3, 0.4) is 0 Å². The summed E-state index contributed by atoms with van der Waals surface area (Å²) in [4.78, 5) is 3.41. The average molecular weight is 432 g/mol. The predicted molar refractivity (Wildman–Crippen MR) is 112 cm³/mol. The lowest BCUT2D eigenvalue weighted by Crippen LogP contribution is -2.48. The second kappa shape index (κ2) is 7.82. The number of nitriles is 1. The largest absolute Gasteiger partial charge is 0.296 e. The first-order chi connectivity index (χ1) is 13.5. The number of fused-ring (bicyclic) bond motifs is 1. The molecule has 1 aliphatic heterocycles. The van der Waals surface area contributed by atoms with Gasteiger partial charge in [-0.25, -0.2) is 8.42 Å². The van der Waals surface area contributed by atoms with Gasteiger partial charge in [0.1, 0.15) is 6.07 Å². The Morgan fingerprint density at radius 1 is 1.04 bits per heavy atom. The molecule has 1 aromatic heterocycles. The molecule has 0 amide bonds. The smallest absolute Gasteiger partial charge is 0.244 e. The highest BCUT2D eigenvalue weighted by Gasteiger charge is 2.30. The zero-order chi connectivity index (χ0) is 19.7. The molecule has 4 rings (SSSR count). The van der Waals surface area contributed by atoms with Crippen LogP contribution in [0.1, 0.15) is 10.4 Å². The van der Waals surface area contributed by atoms with Gasteiger partial charge in [-0.15, -0.1) is 11.3 Å². The minimum absolute atomic E-state index is 0.0819. The lowest BCUT2D eigenvalue weighted by Gasteiger charge is -2.33. The molecule has 0 aliphatic carbocycles. The summed E-state index contributed by atoms with van der Waals surface area (Å²) >= 11 is 8.22. The van der Waals surface area contributed by atoms with E-state index in [1.807, 2.05) is 24.3 Å². The van der Waals surface area contributed by atoms with Crippen LogP contribution in [0.25, 0.3) is 10.1 Å². The van der Waals surface area contributed by atoms with Crippen molar-refractivity contribution in [2.45, 2.75) is 11.4 Å². The second-order valence-corrected chi connectivity index (χ2v) is 10.0. The van der Waals surface area contributed by atoms with Gasteiger partial charge in [-0.2, -0.15) is 9.57 Å². The van der Waals surface area contributed by atoms with Gasteiger partial charge in [0, 0.05) is 47.7 Å². The summed E-state index contributed by atoms with van der Waals surface area (Å²) in [6.07, 6.45) is 0. The Bertz CT molecular complexity index is 1160. The monoisotopic (exact) mass is 431 g/mol. The van der Waals surface area contributed by atoms with Gasteiger partial charge >= 0.3 is 0 Å². The van der Waals surface area contributed by atoms with E-state index in [2.05, 4.69) is 11.0 Å². The molecule has 0 N–H and O–H groups in total. The van der Waals surface area contributed by atoms with E-state index in [1.165, 1.54) is 16.4 Å². The highest BCUT2D eigenvalue weighted by atomic mass is 35.5. The Morgan fingerprint density at radius 2 is 1.71 bits per heavy atom. The fraction of sp³-hybridized carbons (Fsp3) is 0.250. The van der Waals surface area contributed by atoms with Crippen LogP contribution in [0.15, 0.2) is 53.4 Å². The van der Waals surface area contributed by atoms with E-state index in [0.29, 0.717) is 32.7 Å². The minimum Gasteiger partial charge on any atom is -0.296 e.